The maximum atomic E-state index is 13.6. The largest absolute Gasteiger partial charge is 0.488 e. The molecular weight excluding hydrogens is 735 g/mol. The standard InChI is InChI=1S/C45H51N7O6/c1-24(2)38(50-43(54)56-6)42(53)51-17-7-8-36(51)40-46-22-35(49-40)27-11-15-32-31-14-10-25(18-29(31)23-57-37(32)21-27)26-12-16-33-34(20-26)48-41(47-33)39-28-9-13-30(19-28)52(39)44(55)58-45(3,4)5/h10-12,14-16,18,20-22,24,28,30,36,38-39H,7-9,13,17,19,23H2,1-6H3,(H,46,49)(H,47,48)(H,50,54)/t28-,30?,36-,38-,39?/m0/s1. The SMILES string of the molecule is COC(=O)N[C@H](C(=O)N1CCC[C@H]1c1ncc(-c2ccc3c(c2)OCc2cc(-c4ccc5nc(C6[C@H]7CCC(C7)N6C(=O)OC(C)(C)C)[nH]c5c4)ccc2-3)[nH]1)C(C)C. The van der Waals surface area contributed by atoms with Crippen molar-refractivity contribution in [3.05, 3.63) is 78.0 Å². The van der Waals surface area contributed by atoms with Gasteiger partial charge in [-0.25, -0.2) is 19.6 Å². The Morgan fingerprint density at radius 1 is 0.931 bits per heavy atom. The van der Waals surface area contributed by atoms with Gasteiger partial charge in [0.15, 0.2) is 0 Å². The smallest absolute Gasteiger partial charge is 0.411 e. The van der Waals surface area contributed by atoms with Gasteiger partial charge in [0.05, 0.1) is 42.1 Å². The fraction of sp³-hybridized carbons (Fsp3) is 0.444. The lowest BCUT2D eigenvalue weighted by Crippen LogP contribution is -2.51. The number of carbonyl (C=O) groups is 3. The molecule has 58 heavy (non-hydrogen) atoms. The van der Waals surface area contributed by atoms with E-state index in [9.17, 15) is 14.4 Å². The topological polar surface area (TPSA) is 155 Å². The predicted molar refractivity (Wildman–Crippen MR) is 219 cm³/mol. The van der Waals surface area contributed by atoms with Gasteiger partial charge in [-0.1, -0.05) is 38.1 Å². The second-order valence-electron chi connectivity index (χ2n) is 17.5. The second kappa shape index (κ2) is 14.5. The number of likely N-dealkylation sites (tertiary alicyclic amines) is 2. The zero-order valence-corrected chi connectivity index (χ0v) is 33.9. The first kappa shape index (κ1) is 37.7. The fourth-order valence-corrected chi connectivity index (χ4v) is 9.45. The number of H-pyrrole nitrogens is 2. The van der Waals surface area contributed by atoms with Gasteiger partial charge in [0, 0.05) is 23.7 Å². The number of hydrogen-bond donors (Lipinski definition) is 3. The third kappa shape index (κ3) is 6.83. The molecule has 5 atom stereocenters. The number of imidazole rings is 2. The highest BCUT2D eigenvalue weighted by Crippen LogP contribution is 2.50. The number of ether oxygens (including phenoxy) is 3. The molecule has 1 saturated carbocycles. The highest BCUT2D eigenvalue weighted by Gasteiger charge is 2.51. The first-order chi connectivity index (χ1) is 27.8. The lowest BCUT2D eigenvalue weighted by Gasteiger charge is -2.35. The van der Waals surface area contributed by atoms with Gasteiger partial charge in [0.1, 0.15) is 35.6 Å². The van der Waals surface area contributed by atoms with E-state index in [4.69, 9.17) is 24.2 Å². The summed E-state index contributed by atoms with van der Waals surface area (Å²) in [6.45, 7) is 10.6. The van der Waals surface area contributed by atoms with Gasteiger partial charge in [-0.3, -0.25) is 9.69 Å². The van der Waals surface area contributed by atoms with Crippen LogP contribution in [-0.2, 0) is 20.9 Å². The summed E-state index contributed by atoms with van der Waals surface area (Å²) in [7, 11) is 1.30. The number of alkyl carbamates (subject to hydrolysis) is 1. The van der Waals surface area contributed by atoms with Crippen molar-refractivity contribution in [2.75, 3.05) is 13.7 Å². The number of aromatic nitrogens is 4. The number of methoxy groups -OCH3 is 1. The summed E-state index contributed by atoms with van der Waals surface area (Å²) in [5, 5.41) is 2.71. The van der Waals surface area contributed by atoms with Crippen LogP contribution in [0.1, 0.15) is 96.0 Å². The van der Waals surface area contributed by atoms with Crippen LogP contribution >= 0.6 is 0 Å². The van der Waals surface area contributed by atoms with Crippen LogP contribution < -0.4 is 10.1 Å². The number of carbonyl (C=O) groups excluding carboxylic acids is 3. The Morgan fingerprint density at radius 2 is 1.71 bits per heavy atom. The second-order valence-corrected chi connectivity index (χ2v) is 17.5. The van der Waals surface area contributed by atoms with Crippen LogP contribution in [0, 0.1) is 11.8 Å². The number of benzene rings is 3. The molecule has 3 fully saturated rings. The Morgan fingerprint density at radius 3 is 2.50 bits per heavy atom. The highest BCUT2D eigenvalue weighted by molar-refractivity contribution is 5.87. The monoisotopic (exact) mass is 785 g/mol. The average Bonchev–Trinajstić information content (AvgIpc) is 4.06. The van der Waals surface area contributed by atoms with Crippen molar-refractivity contribution in [2.45, 2.75) is 103 Å². The van der Waals surface area contributed by atoms with Gasteiger partial charge >= 0.3 is 12.2 Å². The molecule has 0 radical (unpaired) electrons. The zero-order valence-electron chi connectivity index (χ0n) is 33.9. The molecule has 302 valence electrons. The number of nitrogens with one attached hydrogen (secondary N) is 3. The lowest BCUT2D eigenvalue weighted by atomic mass is 9.92. The number of nitrogens with zero attached hydrogens (tertiary/aromatic N) is 4. The molecule has 2 saturated heterocycles. The van der Waals surface area contributed by atoms with Crippen molar-refractivity contribution in [3.63, 3.8) is 0 Å². The molecule has 3 N–H and O–H groups in total. The van der Waals surface area contributed by atoms with Gasteiger partial charge < -0.3 is 34.4 Å². The molecular formula is C45H51N7O6. The third-order valence-electron chi connectivity index (χ3n) is 12.2. The molecule has 2 aromatic heterocycles. The minimum atomic E-state index is -0.691. The van der Waals surface area contributed by atoms with E-state index in [0.717, 1.165) is 99.6 Å². The Hall–Kier alpha value is -5.85. The number of fused-ring (bicyclic) bond motifs is 6. The molecule has 13 nitrogen and oxygen atoms in total. The maximum absolute atomic E-state index is 13.6. The van der Waals surface area contributed by atoms with Crippen LogP contribution in [0.2, 0.25) is 0 Å². The first-order valence-electron chi connectivity index (χ1n) is 20.5. The quantitative estimate of drug-likeness (QED) is 0.148. The lowest BCUT2D eigenvalue weighted by molar-refractivity contribution is -0.135. The molecule has 3 aromatic carbocycles. The molecule has 2 bridgehead atoms. The van der Waals surface area contributed by atoms with E-state index in [0.29, 0.717) is 19.1 Å². The van der Waals surface area contributed by atoms with E-state index in [1.165, 1.54) is 7.11 Å². The summed E-state index contributed by atoms with van der Waals surface area (Å²) >= 11 is 0. The van der Waals surface area contributed by atoms with Crippen LogP contribution in [0.5, 0.6) is 5.75 Å². The Labute approximate surface area is 337 Å². The van der Waals surface area contributed by atoms with Gasteiger partial charge in [-0.15, -0.1) is 0 Å². The summed E-state index contributed by atoms with van der Waals surface area (Å²) < 4.78 is 17.0. The Balaban J connectivity index is 0.921. The number of aromatic amines is 2. The van der Waals surface area contributed by atoms with Crippen molar-refractivity contribution in [1.82, 2.24) is 35.1 Å². The molecule has 3 aliphatic heterocycles. The van der Waals surface area contributed by atoms with Gasteiger partial charge in [-0.05, 0) is 117 Å². The number of hydrogen-bond acceptors (Lipinski definition) is 8. The molecule has 1 aliphatic carbocycles. The first-order valence-corrected chi connectivity index (χ1v) is 20.5. The Bertz CT molecular complexity index is 2410. The van der Waals surface area contributed by atoms with Crippen LogP contribution in [0.3, 0.4) is 0 Å². The molecule has 5 aromatic rings. The minimum Gasteiger partial charge on any atom is -0.488 e. The molecule has 13 heteroatoms. The van der Waals surface area contributed by atoms with E-state index in [-0.39, 0.29) is 36.0 Å². The van der Waals surface area contributed by atoms with E-state index >= 15 is 0 Å². The molecule has 4 aliphatic rings. The summed E-state index contributed by atoms with van der Waals surface area (Å²) in [4.78, 5) is 59.5. The number of rotatable bonds is 7. The van der Waals surface area contributed by atoms with E-state index in [1.54, 1.807) is 0 Å². The summed E-state index contributed by atoms with van der Waals surface area (Å²) in [5.74, 6) is 2.47. The van der Waals surface area contributed by atoms with Crippen LogP contribution in [0.15, 0.2) is 60.8 Å². The third-order valence-corrected chi connectivity index (χ3v) is 12.2. The van der Waals surface area contributed by atoms with Crippen molar-refractivity contribution in [2.24, 2.45) is 11.8 Å². The summed E-state index contributed by atoms with van der Waals surface area (Å²) in [6, 6.07) is 18.2. The number of amides is 3. The molecule has 9 rings (SSSR count). The van der Waals surface area contributed by atoms with Crippen molar-refractivity contribution in [3.8, 4) is 39.3 Å². The van der Waals surface area contributed by atoms with Crippen LogP contribution in [0.25, 0.3) is 44.5 Å². The van der Waals surface area contributed by atoms with Crippen molar-refractivity contribution >= 4 is 29.1 Å². The van der Waals surface area contributed by atoms with E-state index < -0.39 is 17.7 Å². The van der Waals surface area contributed by atoms with Gasteiger partial charge in [-0.2, -0.15) is 0 Å². The predicted octanol–water partition coefficient (Wildman–Crippen LogP) is 8.68. The zero-order chi connectivity index (χ0) is 40.5. The van der Waals surface area contributed by atoms with Gasteiger partial charge in [0.25, 0.3) is 0 Å². The van der Waals surface area contributed by atoms with Crippen LogP contribution in [-0.4, -0.2) is 79.2 Å². The Kier molecular flexibility index (Phi) is 9.44. The highest BCUT2D eigenvalue weighted by atomic mass is 16.6. The maximum Gasteiger partial charge on any atom is 0.411 e. The number of piperidine rings is 1. The van der Waals surface area contributed by atoms with Crippen LogP contribution in [0.4, 0.5) is 9.59 Å². The van der Waals surface area contributed by atoms with E-state index in [1.807, 2.05) is 56.7 Å². The molecule has 5 heterocycles. The molecule has 0 spiro atoms. The van der Waals surface area contributed by atoms with Crippen molar-refractivity contribution < 1.29 is 28.6 Å². The van der Waals surface area contributed by atoms with Gasteiger partial charge in [0.2, 0.25) is 5.91 Å². The normalized spacial score (nSPS) is 21.5. The summed E-state index contributed by atoms with van der Waals surface area (Å²) in [6.07, 6.45) is 5.63. The van der Waals surface area contributed by atoms with Crippen molar-refractivity contribution in [1.29, 1.82) is 0 Å². The van der Waals surface area contributed by atoms with E-state index in [2.05, 4.69) is 63.8 Å². The minimum absolute atomic E-state index is 0.106. The molecule has 2 unspecified atom stereocenters. The average molecular weight is 786 g/mol. The summed E-state index contributed by atoms with van der Waals surface area (Å²) in [5.41, 5.74) is 8.45. The fourth-order valence-electron chi connectivity index (χ4n) is 9.45. The molecule has 3 amide bonds.